The molecule has 25 heavy (non-hydrogen) atoms. The van der Waals surface area contributed by atoms with E-state index in [0.717, 1.165) is 41.8 Å². The monoisotopic (exact) mass is 337 g/mol. The number of para-hydroxylation sites is 1. The lowest BCUT2D eigenvalue weighted by Gasteiger charge is -2.25. The van der Waals surface area contributed by atoms with Crippen LogP contribution in [0.15, 0.2) is 42.5 Å². The van der Waals surface area contributed by atoms with Crippen LogP contribution in [-0.4, -0.2) is 19.0 Å². The first-order valence-corrected chi connectivity index (χ1v) is 8.73. The highest BCUT2D eigenvalue weighted by atomic mass is 16.5. The van der Waals surface area contributed by atoms with Crippen molar-refractivity contribution in [3.63, 3.8) is 0 Å². The summed E-state index contributed by atoms with van der Waals surface area (Å²) < 4.78 is 4.77. The highest BCUT2D eigenvalue weighted by molar-refractivity contribution is 6.02. The van der Waals surface area contributed by atoms with E-state index >= 15 is 0 Å². The Morgan fingerprint density at radius 3 is 2.48 bits per heavy atom. The van der Waals surface area contributed by atoms with Crippen LogP contribution in [0.25, 0.3) is 0 Å². The Bertz CT molecular complexity index is 797. The fourth-order valence-electron chi connectivity index (χ4n) is 3.31. The number of carbonyl (C=O) groups excluding carboxylic acids is 2. The number of methoxy groups -OCH3 is 1. The van der Waals surface area contributed by atoms with Crippen LogP contribution in [0, 0.1) is 0 Å². The summed E-state index contributed by atoms with van der Waals surface area (Å²) in [5, 5.41) is 0. The molecular weight excluding hydrogens is 314 g/mol. The first kappa shape index (κ1) is 17.2. The molecule has 130 valence electrons. The van der Waals surface area contributed by atoms with Crippen molar-refractivity contribution < 1.29 is 14.3 Å². The van der Waals surface area contributed by atoms with E-state index in [1.54, 1.807) is 0 Å². The Morgan fingerprint density at radius 2 is 1.76 bits per heavy atom. The Morgan fingerprint density at radius 1 is 1.04 bits per heavy atom. The lowest BCUT2D eigenvalue weighted by Crippen LogP contribution is -2.26. The van der Waals surface area contributed by atoms with Gasteiger partial charge in [0, 0.05) is 6.42 Å². The van der Waals surface area contributed by atoms with Crippen molar-refractivity contribution in [1.82, 2.24) is 0 Å². The summed E-state index contributed by atoms with van der Waals surface area (Å²) in [4.78, 5) is 26.4. The second-order valence-corrected chi connectivity index (χ2v) is 6.32. The van der Waals surface area contributed by atoms with Crippen LogP contribution in [0.2, 0.25) is 0 Å². The number of anilines is 2. The van der Waals surface area contributed by atoms with Crippen molar-refractivity contribution in [3.05, 3.63) is 59.2 Å². The van der Waals surface area contributed by atoms with Gasteiger partial charge in [-0.05, 0) is 48.1 Å². The molecule has 4 heteroatoms. The zero-order valence-corrected chi connectivity index (χ0v) is 14.7. The minimum atomic E-state index is -0.277. The second kappa shape index (κ2) is 7.51. The lowest BCUT2D eigenvalue weighted by atomic mass is 10.0. The van der Waals surface area contributed by atoms with Gasteiger partial charge in [-0.15, -0.1) is 0 Å². The molecule has 2 aromatic carbocycles. The van der Waals surface area contributed by atoms with Crippen LogP contribution in [0.1, 0.15) is 36.5 Å². The van der Waals surface area contributed by atoms with E-state index in [1.807, 2.05) is 48.2 Å². The molecule has 0 atom stereocenters. The van der Waals surface area contributed by atoms with Crippen LogP contribution in [0.4, 0.5) is 11.4 Å². The highest BCUT2D eigenvalue weighted by Gasteiger charge is 2.25. The molecule has 4 nitrogen and oxygen atoms in total. The number of hydrogen-bond donors (Lipinski definition) is 0. The number of carbonyl (C=O) groups is 2. The van der Waals surface area contributed by atoms with Gasteiger partial charge in [-0.3, -0.25) is 14.5 Å². The molecule has 1 heterocycles. The van der Waals surface area contributed by atoms with Gasteiger partial charge in [0.2, 0.25) is 5.91 Å². The van der Waals surface area contributed by atoms with Gasteiger partial charge in [-0.25, -0.2) is 0 Å². The molecule has 0 radical (unpaired) electrons. The van der Waals surface area contributed by atoms with Gasteiger partial charge >= 0.3 is 5.97 Å². The molecule has 0 saturated carbocycles. The fraction of sp³-hybridized carbons (Fsp3) is 0.333. The standard InChI is InChI=1S/C21H23NO3/c1-3-6-20(23)22-18-8-5-4-7-16(18)11-12-17-10-9-15(13-19(17)22)14-21(24)25-2/h4-5,7-10,13H,3,6,11-12,14H2,1-2H3. The van der Waals surface area contributed by atoms with Crippen molar-refractivity contribution in [2.45, 2.75) is 39.0 Å². The molecule has 2 aromatic rings. The van der Waals surface area contributed by atoms with Gasteiger partial charge in [-0.1, -0.05) is 37.3 Å². The minimum absolute atomic E-state index is 0.0910. The summed E-state index contributed by atoms with van der Waals surface area (Å²) in [6, 6.07) is 14.0. The first-order valence-electron chi connectivity index (χ1n) is 8.73. The number of benzene rings is 2. The Balaban J connectivity index is 2.10. The average Bonchev–Trinajstić information content (AvgIpc) is 2.78. The SMILES string of the molecule is CCCC(=O)N1c2ccccc2CCc2ccc(CC(=O)OC)cc21. The molecule has 0 fully saturated rings. The van der Waals surface area contributed by atoms with Crippen LogP contribution < -0.4 is 4.90 Å². The maximum Gasteiger partial charge on any atom is 0.309 e. The number of fused-ring (bicyclic) bond motifs is 2. The molecule has 0 aliphatic carbocycles. The van der Waals surface area contributed by atoms with E-state index < -0.39 is 0 Å². The third-order valence-corrected chi connectivity index (χ3v) is 4.58. The molecular formula is C21H23NO3. The molecule has 0 aromatic heterocycles. The molecule has 1 aliphatic rings. The zero-order valence-electron chi connectivity index (χ0n) is 14.7. The van der Waals surface area contributed by atoms with Gasteiger partial charge in [0.15, 0.2) is 0 Å². The zero-order chi connectivity index (χ0) is 17.8. The highest BCUT2D eigenvalue weighted by Crippen LogP contribution is 2.37. The third kappa shape index (κ3) is 3.58. The van der Waals surface area contributed by atoms with Gasteiger partial charge in [0.05, 0.1) is 24.9 Å². The number of aryl methyl sites for hydroxylation is 2. The quantitative estimate of drug-likeness (QED) is 0.793. The van der Waals surface area contributed by atoms with E-state index in [0.29, 0.717) is 6.42 Å². The summed E-state index contributed by atoms with van der Waals surface area (Å²) in [6.45, 7) is 2.01. The van der Waals surface area contributed by atoms with E-state index in [9.17, 15) is 9.59 Å². The molecule has 1 amide bonds. The summed E-state index contributed by atoms with van der Waals surface area (Å²) >= 11 is 0. The number of rotatable bonds is 4. The third-order valence-electron chi connectivity index (χ3n) is 4.58. The van der Waals surface area contributed by atoms with E-state index in [2.05, 4.69) is 6.07 Å². The molecule has 0 spiro atoms. The Hall–Kier alpha value is -2.62. The minimum Gasteiger partial charge on any atom is -0.469 e. The van der Waals surface area contributed by atoms with Crippen LogP contribution in [0.3, 0.4) is 0 Å². The van der Waals surface area contributed by atoms with Crippen LogP contribution in [-0.2, 0) is 33.6 Å². The van der Waals surface area contributed by atoms with E-state index in [-0.39, 0.29) is 18.3 Å². The normalized spacial score (nSPS) is 12.8. The van der Waals surface area contributed by atoms with Crippen molar-refractivity contribution in [1.29, 1.82) is 0 Å². The number of hydrogen-bond acceptors (Lipinski definition) is 3. The maximum absolute atomic E-state index is 12.9. The molecule has 0 bridgehead atoms. The second-order valence-electron chi connectivity index (χ2n) is 6.32. The molecule has 3 rings (SSSR count). The lowest BCUT2D eigenvalue weighted by molar-refractivity contribution is -0.139. The van der Waals surface area contributed by atoms with Crippen molar-refractivity contribution in [2.75, 3.05) is 12.0 Å². The summed E-state index contributed by atoms with van der Waals surface area (Å²) in [5.74, 6) is -0.186. The molecule has 0 N–H and O–H groups in total. The Kier molecular flexibility index (Phi) is 5.17. The molecule has 1 aliphatic heterocycles. The first-order chi connectivity index (χ1) is 12.1. The number of nitrogens with zero attached hydrogens (tertiary/aromatic N) is 1. The Labute approximate surface area is 148 Å². The van der Waals surface area contributed by atoms with E-state index in [4.69, 9.17) is 4.74 Å². The maximum atomic E-state index is 12.9. The van der Waals surface area contributed by atoms with Gasteiger partial charge in [0.1, 0.15) is 0 Å². The van der Waals surface area contributed by atoms with Crippen molar-refractivity contribution >= 4 is 23.3 Å². The summed E-state index contributed by atoms with van der Waals surface area (Å²) in [7, 11) is 1.39. The largest absolute Gasteiger partial charge is 0.469 e. The topological polar surface area (TPSA) is 46.6 Å². The van der Waals surface area contributed by atoms with E-state index in [1.165, 1.54) is 12.7 Å². The van der Waals surface area contributed by atoms with Gasteiger partial charge in [-0.2, -0.15) is 0 Å². The van der Waals surface area contributed by atoms with Crippen molar-refractivity contribution in [3.8, 4) is 0 Å². The molecule has 0 unspecified atom stereocenters. The number of amides is 1. The predicted molar refractivity (Wildman–Crippen MR) is 98.1 cm³/mol. The molecule has 0 saturated heterocycles. The van der Waals surface area contributed by atoms with Gasteiger partial charge in [0.25, 0.3) is 0 Å². The predicted octanol–water partition coefficient (Wildman–Crippen LogP) is 3.97. The smallest absolute Gasteiger partial charge is 0.309 e. The van der Waals surface area contributed by atoms with Crippen LogP contribution >= 0.6 is 0 Å². The fourth-order valence-corrected chi connectivity index (χ4v) is 3.31. The average molecular weight is 337 g/mol. The van der Waals surface area contributed by atoms with Crippen molar-refractivity contribution in [2.24, 2.45) is 0 Å². The number of ether oxygens (including phenoxy) is 1. The van der Waals surface area contributed by atoms with Gasteiger partial charge < -0.3 is 4.74 Å². The number of esters is 1. The summed E-state index contributed by atoms with van der Waals surface area (Å²) in [6.07, 6.45) is 3.28. The van der Waals surface area contributed by atoms with Crippen LogP contribution in [0.5, 0.6) is 0 Å². The summed E-state index contributed by atoms with van der Waals surface area (Å²) in [5.41, 5.74) is 5.02.